The molecular weight excluding hydrogens is 364 g/mol. The summed E-state index contributed by atoms with van der Waals surface area (Å²) in [7, 11) is 0. The minimum Gasteiger partial charge on any atom is -0.269 e. The van der Waals surface area contributed by atoms with E-state index in [4.69, 9.17) is 0 Å². The molecule has 0 saturated carbocycles. The fourth-order valence-corrected chi connectivity index (χ4v) is 2.62. The van der Waals surface area contributed by atoms with E-state index < -0.39 is 0 Å². The number of allylic oxidation sites excluding steroid dienone is 4. The van der Waals surface area contributed by atoms with Crippen LogP contribution in [-0.2, 0) is 0 Å². The fourth-order valence-electron chi connectivity index (χ4n) is 2.62. The van der Waals surface area contributed by atoms with Crippen LogP contribution in [0.5, 0.6) is 0 Å². The van der Waals surface area contributed by atoms with E-state index in [1.54, 1.807) is 6.08 Å². The van der Waals surface area contributed by atoms with E-state index in [0.29, 0.717) is 11.9 Å². The van der Waals surface area contributed by atoms with E-state index >= 15 is 0 Å². The molecule has 0 unspecified atom stereocenters. The zero-order chi connectivity index (χ0) is 17.5. The lowest BCUT2D eigenvalue weighted by Crippen LogP contribution is -1.83. The Morgan fingerprint density at radius 2 is 1.11 bits per heavy atom. The standard InChI is InChI=1S/C24H19F.3FH/c1-19(20-8-4-2-5-9-20)12-13-24(18-25)23-16-14-22(15-17-23)21-10-6-3-7-11-21;;;/h2-18H,1H2;3*1H/b13-12-,24-18+;;;. The molecule has 0 heterocycles. The first kappa shape index (κ1) is 24.6. The summed E-state index contributed by atoms with van der Waals surface area (Å²) >= 11 is 0. The smallest absolute Gasteiger partial charge is 0.0945 e. The summed E-state index contributed by atoms with van der Waals surface area (Å²) in [5.74, 6) is 0. The molecule has 146 valence electrons. The molecule has 0 atom stereocenters. The minimum absolute atomic E-state index is 0. The van der Waals surface area contributed by atoms with Crippen LogP contribution in [0.1, 0.15) is 11.1 Å². The van der Waals surface area contributed by atoms with Crippen LogP contribution >= 0.6 is 0 Å². The molecule has 0 saturated heterocycles. The predicted molar refractivity (Wildman–Crippen MR) is 113 cm³/mol. The lowest BCUT2D eigenvalue weighted by atomic mass is 10.00. The van der Waals surface area contributed by atoms with Crippen LogP contribution in [-0.4, -0.2) is 0 Å². The van der Waals surface area contributed by atoms with E-state index in [1.165, 1.54) is 0 Å². The van der Waals surface area contributed by atoms with Gasteiger partial charge in [-0.25, -0.2) is 4.39 Å². The van der Waals surface area contributed by atoms with E-state index in [2.05, 4.69) is 18.7 Å². The lowest BCUT2D eigenvalue weighted by molar-refractivity contribution is 0.724. The summed E-state index contributed by atoms with van der Waals surface area (Å²) in [6.07, 6.45) is 4.23. The molecule has 0 fully saturated rings. The molecule has 0 aliphatic rings. The molecule has 0 radical (unpaired) electrons. The van der Waals surface area contributed by atoms with Crippen molar-refractivity contribution in [3.05, 3.63) is 121 Å². The number of hydrogen-bond donors (Lipinski definition) is 0. The first-order valence-electron chi connectivity index (χ1n) is 8.16. The Morgan fingerprint density at radius 3 is 1.64 bits per heavy atom. The quantitative estimate of drug-likeness (QED) is 0.317. The van der Waals surface area contributed by atoms with E-state index in [1.807, 2.05) is 78.9 Å². The molecule has 3 aromatic carbocycles. The Morgan fingerprint density at radius 1 is 0.607 bits per heavy atom. The summed E-state index contributed by atoms with van der Waals surface area (Å²) in [5.41, 5.74) is 5.49. The van der Waals surface area contributed by atoms with Gasteiger partial charge in [-0.3, -0.25) is 14.1 Å². The van der Waals surface area contributed by atoms with Crippen molar-refractivity contribution in [1.82, 2.24) is 0 Å². The number of rotatable bonds is 5. The number of hydrogen-bond acceptors (Lipinski definition) is 0. The van der Waals surface area contributed by atoms with Gasteiger partial charge in [-0.2, -0.15) is 0 Å². The molecule has 0 bridgehead atoms. The van der Waals surface area contributed by atoms with Crippen molar-refractivity contribution in [1.29, 1.82) is 0 Å². The van der Waals surface area contributed by atoms with Gasteiger partial charge in [-0.1, -0.05) is 104 Å². The van der Waals surface area contributed by atoms with E-state index in [9.17, 15) is 4.39 Å². The fraction of sp³-hybridized carbons (Fsp3) is 0. The molecule has 4 heteroatoms. The Labute approximate surface area is 162 Å². The molecule has 28 heavy (non-hydrogen) atoms. The zero-order valence-electron chi connectivity index (χ0n) is 15.1. The summed E-state index contributed by atoms with van der Waals surface area (Å²) in [5, 5.41) is 0. The first-order chi connectivity index (χ1) is 12.3. The second-order valence-electron chi connectivity index (χ2n) is 5.73. The maximum Gasteiger partial charge on any atom is 0.0945 e. The average Bonchev–Trinajstić information content (AvgIpc) is 2.70. The molecule has 0 spiro atoms. The Bertz CT molecular complexity index is 896. The van der Waals surface area contributed by atoms with Gasteiger partial charge in [0.2, 0.25) is 0 Å². The van der Waals surface area contributed by atoms with Crippen LogP contribution in [0.4, 0.5) is 18.5 Å². The van der Waals surface area contributed by atoms with Gasteiger partial charge < -0.3 is 0 Å². The maximum absolute atomic E-state index is 13.4. The third-order valence-electron chi connectivity index (χ3n) is 4.05. The van der Waals surface area contributed by atoms with Crippen LogP contribution in [0, 0.1) is 0 Å². The monoisotopic (exact) mass is 386 g/mol. The number of benzene rings is 3. The van der Waals surface area contributed by atoms with Gasteiger partial charge in [0.15, 0.2) is 0 Å². The highest BCUT2D eigenvalue weighted by molar-refractivity contribution is 5.80. The molecule has 0 nitrogen and oxygen atoms in total. The van der Waals surface area contributed by atoms with Crippen LogP contribution < -0.4 is 0 Å². The Kier molecular flexibility index (Phi) is 10.6. The summed E-state index contributed by atoms with van der Waals surface area (Å²) in [4.78, 5) is 0. The summed E-state index contributed by atoms with van der Waals surface area (Å²) < 4.78 is 13.4. The highest BCUT2D eigenvalue weighted by atomic mass is 19.1. The van der Waals surface area contributed by atoms with E-state index in [0.717, 1.165) is 27.8 Å². The van der Waals surface area contributed by atoms with Crippen LogP contribution in [0.15, 0.2) is 110 Å². The van der Waals surface area contributed by atoms with Crippen molar-refractivity contribution < 1.29 is 18.5 Å². The maximum atomic E-state index is 13.4. The third-order valence-corrected chi connectivity index (χ3v) is 4.05. The molecular formula is C24H22F4. The predicted octanol–water partition coefficient (Wildman–Crippen LogP) is 7.39. The normalized spacial score (nSPS) is 10.4. The first-order valence-corrected chi connectivity index (χ1v) is 8.16. The van der Waals surface area contributed by atoms with Crippen LogP contribution in [0.3, 0.4) is 0 Å². The minimum atomic E-state index is 0. The Hall–Kier alpha value is -3.40. The van der Waals surface area contributed by atoms with Gasteiger partial charge in [-0.05, 0) is 27.8 Å². The van der Waals surface area contributed by atoms with Crippen molar-refractivity contribution in [3.8, 4) is 11.1 Å². The van der Waals surface area contributed by atoms with Crippen molar-refractivity contribution in [3.63, 3.8) is 0 Å². The summed E-state index contributed by atoms with van der Waals surface area (Å²) in [6, 6.07) is 27.9. The van der Waals surface area contributed by atoms with Crippen molar-refractivity contribution in [2.45, 2.75) is 0 Å². The molecule has 0 aliphatic carbocycles. The zero-order valence-corrected chi connectivity index (χ0v) is 15.1. The molecule has 0 aliphatic heterocycles. The molecule has 3 rings (SSSR count). The van der Waals surface area contributed by atoms with Gasteiger partial charge >= 0.3 is 0 Å². The average molecular weight is 386 g/mol. The van der Waals surface area contributed by atoms with Gasteiger partial charge in [0.05, 0.1) is 6.33 Å². The summed E-state index contributed by atoms with van der Waals surface area (Å²) in [6.45, 7) is 4.04. The van der Waals surface area contributed by atoms with Crippen LogP contribution in [0.2, 0.25) is 0 Å². The lowest BCUT2D eigenvalue weighted by Gasteiger charge is -2.05. The van der Waals surface area contributed by atoms with Gasteiger partial charge in [0, 0.05) is 5.57 Å². The van der Waals surface area contributed by atoms with E-state index in [-0.39, 0.29) is 14.1 Å². The topological polar surface area (TPSA) is 0 Å². The van der Waals surface area contributed by atoms with Gasteiger partial charge in [0.25, 0.3) is 0 Å². The molecule has 0 aromatic heterocycles. The number of halogens is 4. The largest absolute Gasteiger partial charge is 0.269 e. The molecule has 0 N–H and O–H groups in total. The second-order valence-corrected chi connectivity index (χ2v) is 5.73. The van der Waals surface area contributed by atoms with Crippen molar-refractivity contribution in [2.24, 2.45) is 0 Å². The molecule has 0 amide bonds. The van der Waals surface area contributed by atoms with Gasteiger partial charge in [-0.15, -0.1) is 0 Å². The highest BCUT2D eigenvalue weighted by Gasteiger charge is 2.01. The van der Waals surface area contributed by atoms with Crippen molar-refractivity contribution >= 4 is 11.1 Å². The highest BCUT2D eigenvalue weighted by Crippen LogP contribution is 2.24. The van der Waals surface area contributed by atoms with Crippen molar-refractivity contribution in [2.75, 3.05) is 0 Å². The third kappa shape index (κ3) is 6.09. The Balaban J connectivity index is 0.00000243. The second kappa shape index (κ2) is 12.1. The van der Waals surface area contributed by atoms with Crippen LogP contribution in [0.25, 0.3) is 22.3 Å². The molecule has 3 aromatic rings. The van der Waals surface area contributed by atoms with Gasteiger partial charge in [0.1, 0.15) is 0 Å². The SMILES string of the molecule is C=C(/C=C\C(=C/F)c1ccc(-c2ccccc2)cc1)c1ccccc1.F.F.F.